The van der Waals surface area contributed by atoms with Gasteiger partial charge in [-0.25, -0.2) is 0 Å². The van der Waals surface area contributed by atoms with E-state index in [0.29, 0.717) is 0 Å². The van der Waals surface area contributed by atoms with Gasteiger partial charge in [0.05, 0.1) is 5.92 Å². The molecule has 0 spiro atoms. The van der Waals surface area contributed by atoms with Gasteiger partial charge in [-0.2, -0.15) is 0 Å². The van der Waals surface area contributed by atoms with Crippen molar-refractivity contribution in [2.75, 3.05) is 0 Å². The zero-order valence-corrected chi connectivity index (χ0v) is 14.5. The van der Waals surface area contributed by atoms with Crippen LogP contribution in [0, 0.1) is 5.92 Å². The molecule has 0 aromatic rings. The number of hydrogen-bond acceptors (Lipinski definition) is 1. The highest BCUT2D eigenvalue weighted by atomic mass is 16.4. The molecule has 126 valence electrons. The molecular weight excluding hydrogens is 260 g/mol. The molecule has 0 aromatic heterocycles. The van der Waals surface area contributed by atoms with Crippen molar-refractivity contribution in [1.29, 1.82) is 0 Å². The fraction of sp³-hybridized carbons (Fsp3) is 0.947. The number of aliphatic carboxylic acids is 1. The van der Waals surface area contributed by atoms with Gasteiger partial charge in [-0.1, -0.05) is 104 Å². The van der Waals surface area contributed by atoms with Crippen LogP contribution in [0.3, 0.4) is 0 Å². The Morgan fingerprint density at radius 2 is 1.05 bits per heavy atom. The third-order valence-corrected chi connectivity index (χ3v) is 4.41. The summed E-state index contributed by atoms with van der Waals surface area (Å²) in [4.78, 5) is 10.7. The third kappa shape index (κ3) is 15.7. The van der Waals surface area contributed by atoms with Crippen LogP contribution in [0.5, 0.6) is 0 Å². The molecule has 0 aliphatic heterocycles. The highest BCUT2D eigenvalue weighted by Crippen LogP contribution is 2.14. The first-order valence-electron chi connectivity index (χ1n) is 9.41. The monoisotopic (exact) mass is 298 g/mol. The van der Waals surface area contributed by atoms with Crippen molar-refractivity contribution < 1.29 is 9.90 Å². The average molecular weight is 299 g/mol. The lowest BCUT2D eigenvalue weighted by atomic mass is 10.0. The van der Waals surface area contributed by atoms with Crippen LogP contribution >= 0.6 is 0 Å². The minimum atomic E-state index is -0.648. The van der Waals surface area contributed by atoms with Crippen molar-refractivity contribution in [3.05, 3.63) is 0 Å². The van der Waals surface area contributed by atoms with E-state index in [9.17, 15) is 4.79 Å². The fourth-order valence-corrected chi connectivity index (χ4v) is 2.77. The Morgan fingerprint density at radius 3 is 1.38 bits per heavy atom. The van der Waals surface area contributed by atoms with E-state index in [0.717, 1.165) is 12.8 Å². The lowest BCUT2D eigenvalue weighted by Crippen LogP contribution is -2.08. The van der Waals surface area contributed by atoms with E-state index in [1.807, 2.05) is 6.92 Å². The standard InChI is InChI=1S/C19H38O2/c1-3-4-5-6-7-8-9-10-11-12-13-14-15-16-17-18(2)19(20)21/h18H,3-17H2,1-2H3,(H,20,21). The molecule has 1 N–H and O–H groups in total. The number of carboxylic acid groups (broad SMARTS) is 1. The van der Waals surface area contributed by atoms with Crippen LogP contribution in [0.2, 0.25) is 0 Å². The second-order valence-corrected chi connectivity index (χ2v) is 6.62. The van der Waals surface area contributed by atoms with E-state index in [-0.39, 0.29) is 5.92 Å². The summed E-state index contributed by atoms with van der Waals surface area (Å²) in [5, 5.41) is 8.79. The van der Waals surface area contributed by atoms with Gasteiger partial charge >= 0.3 is 5.97 Å². The molecule has 0 saturated heterocycles. The summed E-state index contributed by atoms with van der Waals surface area (Å²) in [7, 11) is 0. The maximum atomic E-state index is 10.7. The topological polar surface area (TPSA) is 37.3 Å². The molecule has 0 amide bonds. The summed E-state index contributed by atoms with van der Waals surface area (Å²) in [6, 6.07) is 0. The predicted molar refractivity (Wildman–Crippen MR) is 91.7 cm³/mol. The van der Waals surface area contributed by atoms with Gasteiger partial charge < -0.3 is 5.11 Å². The van der Waals surface area contributed by atoms with Crippen LogP contribution in [-0.4, -0.2) is 11.1 Å². The molecule has 0 bridgehead atoms. The first-order chi connectivity index (χ1) is 10.2. The van der Waals surface area contributed by atoms with Crippen LogP contribution in [-0.2, 0) is 4.79 Å². The quantitative estimate of drug-likeness (QED) is 0.327. The number of rotatable bonds is 16. The first-order valence-corrected chi connectivity index (χ1v) is 9.41. The number of unbranched alkanes of at least 4 members (excludes halogenated alkanes) is 13. The minimum absolute atomic E-state index is 0.165. The van der Waals surface area contributed by atoms with Crippen LogP contribution in [0.15, 0.2) is 0 Å². The van der Waals surface area contributed by atoms with E-state index in [1.54, 1.807) is 0 Å². The second kappa shape index (κ2) is 15.9. The Morgan fingerprint density at radius 1 is 0.714 bits per heavy atom. The Labute approximate surface area is 132 Å². The van der Waals surface area contributed by atoms with Crippen LogP contribution < -0.4 is 0 Å². The van der Waals surface area contributed by atoms with Gasteiger partial charge in [0.2, 0.25) is 0 Å². The molecule has 1 unspecified atom stereocenters. The summed E-state index contributed by atoms with van der Waals surface area (Å²) in [5.41, 5.74) is 0. The van der Waals surface area contributed by atoms with Crippen molar-refractivity contribution in [3.8, 4) is 0 Å². The zero-order chi connectivity index (χ0) is 15.8. The van der Waals surface area contributed by atoms with Gasteiger partial charge in [-0.3, -0.25) is 4.79 Å². The average Bonchev–Trinajstić information content (AvgIpc) is 2.47. The van der Waals surface area contributed by atoms with Crippen molar-refractivity contribution in [2.24, 2.45) is 5.92 Å². The van der Waals surface area contributed by atoms with Crippen molar-refractivity contribution in [3.63, 3.8) is 0 Å². The first kappa shape index (κ1) is 20.5. The fourth-order valence-electron chi connectivity index (χ4n) is 2.77. The van der Waals surface area contributed by atoms with Gasteiger partial charge in [0, 0.05) is 0 Å². The Bertz CT molecular complexity index is 226. The maximum absolute atomic E-state index is 10.7. The molecule has 2 heteroatoms. The third-order valence-electron chi connectivity index (χ3n) is 4.41. The molecule has 0 rings (SSSR count). The van der Waals surface area contributed by atoms with Crippen LogP contribution in [0.1, 0.15) is 110 Å². The lowest BCUT2D eigenvalue weighted by molar-refractivity contribution is -0.141. The molecule has 0 aliphatic rings. The van der Waals surface area contributed by atoms with Gasteiger partial charge in [-0.05, 0) is 6.42 Å². The van der Waals surface area contributed by atoms with Gasteiger partial charge in [0.25, 0.3) is 0 Å². The minimum Gasteiger partial charge on any atom is -0.481 e. The molecular formula is C19H38O2. The van der Waals surface area contributed by atoms with E-state index in [4.69, 9.17) is 5.11 Å². The largest absolute Gasteiger partial charge is 0.481 e. The predicted octanol–water partition coefficient (Wildman–Crippen LogP) is 6.58. The highest BCUT2D eigenvalue weighted by molar-refractivity contribution is 5.69. The Balaban J connectivity index is 3.04. The highest BCUT2D eigenvalue weighted by Gasteiger charge is 2.09. The summed E-state index contributed by atoms with van der Waals surface area (Å²) < 4.78 is 0. The van der Waals surface area contributed by atoms with Crippen LogP contribution in [0.4, 0.5) is 0 Å². The molecule has 21 heavy (non-hydrogen) atoms. The second-order valence-electron chi connectivity index (χ2n) is 6.62. The molecule has 0 heterocycles. The summed E-state index contributed by atoms with van der Waals surface area (Å²) >= 11 is 0. The molecule has 0 aromatic carbocycles. The Hall–Kier alpha value is -0.530. The lowest BCUT2D eigenvalue weighted by Gasteiger charge is -2.05. The van der Waals surface area contributed by atoms with E-state index >= 15 is 0 Å². The molecule has 0 fully saturated rings. The normalized spacial score (nSPS) is 12.5. The number of carboxylic acids is 1. The zero-order valence-electron chi connectivity index (χ0n) is 14.5. The van der Waals surface area contributed by atoms with Gasteiger partial charge in [0.1, 0.15) is 0 Å². The van der Waals surface area contributed by atoms with Crippen molar-refractivity contribution >= 4 is 5.97 Å². The molecule has 2 nitrogen and oxygen atoms in total. The van der Waals surface area contributed by atoms with E-state index < -0.39 is 5.97 Å². The van der Waals surface area contributed by atoms with Crippen LogP contribution in [0.25, 0.3) is 0 Å². The maximum Gasteiger partial charge on any atom is 0.306 e. The SMILES string of the molecule is CCCCCCCCCCCCCCCCC(C)C(=O)O. The number of carbonyl (C=O) groups is 1. The van der Waals surface area contributed by atoms with E-state index in [2.05, 4.69) is 6.92 Å². The van der Waals surface area contributed by atoms with Crippen molar-refractivity contribution in [2.45, 2.75) is 110 Å². The summed E-state index contributed by atoms with van der Waals surface area (Å²) in [5.74, 6) is -0.813. The summed E-state index contributed by atoms with van der Waals surface area (Å²) in [6.07, 6.45) is 19.8. The van der Waals surface area contributed by atoms with Gasteiger partial charge in [-0.15, -0.1) is 0 Å². The molecule has 0 radical (unpaired) electrons. The molecule has 1 atom stereocenters. The van der Waals surface area contributed by atoms with Crippen molar-refractivity contribution in [1.82, 2.24) is 0 Å². The van der Waals surface area contributed by atoms with Gasteiger partial charge in [0.15, 0.2) is 0 Å². The van der Waals surface area contributed by atoms with E-state index in [1.165, 1.54) is 83.5 Å². The molecule has 0 aliphatic carbocycles. The smallest absolute Gasteiger partial charge is 0.306 e. The molecule has 0 saturated carbocycles. The Kier molecular flexibility index (Phi) is 15.5. The summed E-state index contributed by atoms with van der Waals surface area (Å²) in [6.45, 7) is 4.08. The number of hydrogen-bond donors (Lipinski definition) is 1.